The average molecular weight is 352 g/mol. The summed E-state index contributed by atoms with van der Waals surface area (Å²) in [6, 6.07) is 4.00. The Bertz CT molecular complexity index is 734. The van der Waals surface area contributed by atoms with Gasteiger partial charge in [0.15, 0.2) is 0 Å². The van der Waals surface area contributed by atoms with Crippen molar-refractivity contribution < 1.29 is 4.79 Å². The third-order valence-electron chi connectivity index (χ3n) is 3.88. The fraction of sp³-hybridized carbons (Fsp3) is 0.333. The van der Waals surface area contributed by atoms with Crippen LogP contribution in [0, 0.1) is 6.57 Å². The number of halogens is 2. The summed E-state index contributed by atoms with van der Waals surface area (Å²) in [6.07, 6.45) is 5.08. The van der Waals surface area contributed by atoms with Crippen molar-refractivity contribution in [2.75, 3.05) is 0 Å². The van der Waals surface area contributed by atoms with Gasteiger partial charge in [0.25, 0.3) is 0 Å². The van der Waals surface area contributed by atoms with Crippen molar-refractivity contribution >= 4 is 49.9 Å². The van der Waals surface area contributed by atoms with Crippen LogP contribution in [0.5, 0.6) is 0 Å². The van der Waals surface area contributed by atoms with Crippen molar-refractivity contribution in [3.05, 3.63) is 39.2 Å². The Hall–Kier alpha value is -1.31. The number of rotatable bonds is 1. The summed E-state index contributed by atoms with van der Waals surface area (Å²) in [7, 11) is 0. The summed E-state index contributed by atoms with van der Waals surface area (Å²) in [5.41, 5.74) is 1.49. The Labute approximate surface area is 130 Å². The van der Waals surface area contributed by atoms with E-state index in [4.69, 9.17) is 18.2 Å². The van der Waals surface area contributed by atoms with Crippen LogP contribution in [0.25, 0.3) is 15.7 Å². The molecule has 0 amide bonds. The van der Waals surface area contributed by atoms with E-state index in [-0.39, 0.29) is 0 Å². The van der Waals surface area contributed by atoms with Crippen LogP contribution in [0.15, 0.2) is 22.8 Å². The minimum Gasteiger partial charge on any atom is -0.343 e. The van der Waals surface area contributed by atoms with Gasteiger partial charge in [-0.25, -0.2) is 4.85 Å². The van der Waals surface area contributed by atoms with Crippen LogP contribution in [0.1, 0.15) is 31.7 Å². The second-order valence-electron chi connectivity index (χ2n) is 5.09. The molecule has 0 N–H and O–H groups in total. The number of benzene rings is 1. The number of ketones is 1. The number of fused-ring (bicyclic) bond motifs is 1. The van der Waals surface area contributed by atoms with Crippen molar-refractivity contribution in [3.63, 3.8) is 0 Å². The second kappa shape index (κ2) is 5.23. The van der Waals surface area contributed by atoms with E-state index in [1.54, 1.807) is 0 Å². The fourth-order valence-electron chi connectivity index (χ4n) is 2.81. The molecule has 1 aromatic carbocycles. The van der Waals surface area contributed by atoms with E-state index in [1.165, 1.54) is 0 Å². The quantitative estimate of drug-likeness (QED) is 0.641. The molecule has 0 atom stereocenters. The van der Waals surface area contributed by atoms with Crippen molar-refractivity contribution in [1.82, 2.24) is 4.57 Å². The van der Waals surface area contributed by atoms with Crippen LogP contribution in [0.4, 0.5) is 5.69 Å². The van der Waals surface area contributed by atoms with E-state index in [9.17, 15) is 4.79 Å². The maximum atomic E-state index is 11.4. The molecule has 20 heavy (non-hydrogen) atoms. The fourth-order valence-corrected chi connectivity index (χ4v) is 3.55. The van der Waals surface area contributed by atoms with Crippen LogP contribution in [0.3, 0.4) is 0 Å². The highest BCUT2D eigenvalue weighted by atomic mass is 79.9. The Kier molecular flexibility index (Phi) is 3.57. The van der Waals surface area contributed by atoms with Crippen molar-refractivity contribution in [2.24, 2.45) is 0 Å². The molecule has 3 nitrogen and oxygen atoms in total. The van der Waals surface area contributed by atoms with Crippen molar-refractivity contribution in [3.8, 4) is 0 Å². The maximum Gasteiger partial charge on any atom is 0.206 e. The van der Waals surface area contributed by atoms with Crippen LogP contribution in [0.2, 0.25) is 5.02 Å². The molecule has 2 aromatic rings. The molecule has 1 fully saturated rings. The molecule has 5 heteroatoms. The van der Waals surface area contributed by atoms with E-state index in [0.717, 1.165) is 28.2 Å². The monoisotopic (exact) mass is 350 g/mol. The van der Waals surface area contributed by atoms with E-state index in [0.29, 0.717) is 35.4 Å². The Morgan fingerprint density at radius 2 is 2.05 bits per heavy atom. The van der Waals surface area contributed by atoms with Gasteiger partial charge < -0.3 is 4.57 Å². The number of carbonyl (C=O) groups is 1. The molecule has 0 unspecified atom stereocenters. The van der Waals surface area contributed by atoms with Gasteiger partial charge in [-0.15, -0.1) is 0 Å². The smallest absolute Gasteiger partial charge is 0.206 e. The molecule has 0 bridgehead atoms. The summed E-state index contributed by atoms with van der Waals surface area (Å²) < 4.78 is 3.15. The largest absolute Gasteiger partial charge is 0.343 e. The summed E-state index contributed by atoms with van der Waals surface area (Å²) in [5, 5.41) is 1.48. The van der Waals surface area contributed by atoms with Crippen molar-refractivity contribution in [1.29, 1.82) is 0 Å². The van der Waals surface area contributed by atoms with Crippen LogP contribution < -0.4 is 0 Å². The van der Waals surface area contributed by atoms with Gasteiger partial charge in [-0.2, -0.15) is 0 Å². The predicted octanol–water partition coefficient (Wildman–Crippen LogP) is 5.29. The first-order valence-corrected chi connectivity index (χ1v) is 7.66. The third-order valence-corrected chi connectivity index (χ3v) is 4.81. The molecule has 0 aliphatic heterocycles. The van der Waals surface area contributed by atoms with Gasteiger partial charge >= 0.3 is 0 Å². The highest BCUT2D eigenvalue weighted by Gasteiger charge is 2.22. The maximum absolute atomic E-state index is 11.4. The average Bonchev–Trinajstić information content (AvgIpc) is 2.75. The zero-order chi connectivity index (χ0) is 14.3. The molecule has 1 heterocycles. The third kappa shape index (κ3) is 2.25. The molecule has 3 rings (SSSR count). The highest BCUT2D eigenvalue weighted by molar-refractivity contribution is 9.10. The first-order chi connectivity index (χ1) is 9.60. The lowest BCUT2D eigenvalue weighted by Gasteiger charge is -2.23. The molecule has 1 aliphatic carbocycles. The van der Waals surface area contributed by atoms with Gasteiger partial charge in [0.2, 0.25) is 5.69 Å². The lowest BCUT2D eigenvalue weighted by Crippen LogP contribution is -2.17. The summed E-state index contributed by atoms with van der Waals surface area (Å²) >= 11 is 9.70. The summed E-state index contributed by atoms with van der Waals surface area (Å²) in [5.74, 6) is 0.352. The number of carbonyl (C=O) groups excluding carboxylic acids is 1. The molecular formula is C15H12BrClN2O. The Morgan fingerprint density at radius 3 is 2.70 bits per heavy atom. The summed E-state index contributed by atoms with van der Waals surface area (Å²) in [4.78, 5) is 14.8. The van der Waals surface area contributed by atoms with E-state index in [1.807, 2.05) is 18.3 Å². The number of Topliss-reactive ketones (excluding diaryl/α,β-unsaturated/α-hetero) is 1. The van der Waals surface area contributed by atoms with Crippen LogP contribution in [-0.2, 0) is 4.79 Å². The lowest BCUT2D eigenvalue weighted by molar-refractivity contribution is -0.120. The number of hydrogen-bond donors (Lipinski definition) is 0. The Balaban J connectivity index is 2.11. The topological polar surface area (TPSA) is 26.4 Å². The van der Waals surface area contributed by atoms with Gasteiger partial charge in [0.1, 0.15) is 5.78 Å². The number of aromatic nitrogens is 1. The van der Waals surface area contributed by atoms with Crippen LogP contribution >= 0.6 is 27.5 Å². The summed E-state index contributed by atoms with van der Waals surface area (Å²) in [6.45, 7) is 7.14. The van der Waals surface area contributed by atoms with Crippen LogP contribution in [-0.4, -0.2) is 10.4 Å². The molecular weight excluding hydrogens is 340 g/mol. The van der Waals surface area contributed by atoms with Gasteiger partial charge in [-0.05, 0) is 40.9 Å². The molecule has 102 valence electrons. The second-order valence-corrected chi connectivity index (χ2v) is 6.35. The standard InChI is InChI=1S/C15H12BrClN2O/c1-18-14-6-11-12(16)8-19(15(11)7-13(14)17)9-2-4-10(20)5-3-9/h6-9H,2-5H2. The highest BCUT2D eigenvalue weighted by Crippen LogP contribution is 2.38. The number of nitrogens with zero attached hydrogens (tertiary/aromatic N) is 2. The molecule has 1 saturated carbocycles. The lowest BCUT2D eigenvalue weighted by atomic mass is 9.94. The van der Waals surface area contributed by atoms with E-state index >= 15 is 0 Å². The molecule has 0 saturated heterocycles. The van der Waals surface area contributed by atoms with E-state index < -0.39 is 0 Å². The van der Waals surface area contributed by atoms with Crippen molar-refractivity contribution in [2.45, 2.75) is 31.7 Å². The van der Waals surface area contributed by atoms with Gasteiger partial charge in [-0.3, -0.25) is 4.79 Å². The Morgan fingerprint density at radius 1 is 1.35 bits per heavy atom. The number of hydrogen-bond acceptors (Lipinski definition) is 1. The molecule has 1 aromatic heterocycles. The van der Waals surface area contributed by atoms with Gasteiger partial charge in [-0.1, -0.05) is 11.6 Å². The zero-order valence-electron chi connectivity index (χ0n) is 10.7. The first kappa shape index (κ1) is 13.7. The van der Waals surface area contributed by atoms with Gasteiger partial charge in [0.05, 0.1) is 6.57 Å². The first-order valence-electron chi connectivity index (χ1n) is 6.49. The molecule has 1 aliphatic rings. The molecule has 0 radical (unpaired) electrons. The SMILES string of the molecule is [C-]#[N+]c1cc2c(Br)cn(C3CCC(=O)CC3)c2cc1Cl. The zero-order valence-corrected chi connectivity index (χ0v) is 13.0. The van der Waals surface area contributed by atoms with E-state index in [2.05, 4.69) is 25.3 Å². The predicted molar refractivity (Wildman–Crippen MR) is 83.4 cm³/mol. The minimum absolute atomic E-state index is 0.330. The molecule has 0 spiro atoms. The minimum atomic E-state index is 0.330. The normalized spacial score (nSPS) is 16.6. The van der Waals surface area contributed by atoms with Gasteiger partial charge in [0, 0.05) is 45.5 Å².